The molecule has 340 valence electrons. The van der Waals surface area contributed by atoms with Crippen LogP contribution in [-0.2, 0) is 53.0 Å². The number of piperidine rings is 1. The van der Waals surface area contributed by atoms with Crippen LogP contribution in [0.3, 0.4) is 0 Å². The molecule has 2 aromatic heterocycles. The molecule has 0 aliphatic carbocycles. The monoisotopic (exact) mass is 889 g/mol. The SMILES string of the molecule is Cc1noc(C)c1-c1ccc2c(c1)C(c1ccccc1)N(Cc1cn(CCOCCOCCOCCOCC(=O)Nc3cccc4c3CN(C3CCC(=O)NC3=O)C4=O)nn1)C(=O)N2C. The van der Waals surface area contributed by atoms with Crippen molar-refractivity contribution in [2.45, 2.75) is 58.4 Å². The number of hydrogen-bond acceptors (Lipinski definition) is 13. The normalized spacial score (nSPS) is 17.1. The number of aryl methyl sites for hydroxylation is 2. The van der Waals surface area contributed by atoms with Crippen LogP contribution in [0, 0.1) is 13.8 Å². The van der Waals surface area contributed by atoms with Gasteiger partial charge in [-0.2, -0.15) is 0 Å². The molecule has 0 radical (unpaired) electrons. The number of benzene rings is 3. The lowest BCUT2D eigenvalue weighted by molar-refractivity contribution is -0.137. The molecule has 5 aromatic rings. The molecule has 1 fully saturated rings. The second-order valence-electron chi connectivity index (χ2n) is 15.9. The number of anilines is 2. The fraction of sp³-hybridized carbons (Fsp3) is 0.391. The number of amides is 6. The summed E-state index contributed by atoms with van der Waals surface area (Å²) in [4.78, 5) is 68.5. The highest BCUT2D eigenvalue weighted by Gasteiger charge is 2.41. The first-order chi connectivity index (χ1) is 31.6. The Morgan fingerprint density at radius 3 is 2.35 bits per heavy atom. The third-order valence-electron chi connectivity index (χ3n) is 11.6. The summed E-state index contributed by atoms with van der Waals surface area (Å²) in [6.45, 7) is 6.71. The van der Waals surface area contributed by atoms with Gasteiger partial charge in [-0.1, -0.05) is 52.8 Å². The highest BCUT2D eigenvalue weighted by molar-refractivity contribution is 6.07. The van der Waals surface area contributed by atoms with Gasteiger partial charge in [0.15, 0.2) is 0 Å². The molecule has 19 nitrogen and oxygen atoms in total. The quantitative estimate of drug-likeness (QED) is 0.0831. The standard InChI is InChI=1S/C46H51N9O10/c1-29-42(30(2)65-50-29)32-12-13-38-35(24-32)43(31-8-5-4-6-9-31)55(46(60)52(38)3)26-33-25-53(51-49-33)16-17-61-18-19-62-20-21-63-22-23-64-28-41(57)47-37-11-7-10-34-36(37)27-54(45(34)59)39-14-15-40(56)48-44(39)58/h4-13,24-25,39,43H,14-23,26-28H2,1-3H3,(H,47,57)(H,48,56,58). The summed E-state index contributed by atoms with van der Waals surface area (Å²) in [5.41, 5.74) is 7.63. The van der Waals surface area contributed by atoms with Crippen LogP contribution in [0.25, 0.3) is 11.1 Å². The van der Waals surface area contributed by atoms with E-state index in [2.05, 4.69) is 32.2 Å². The number of hydrogen-bond donors (Lipinski definition) is 2. The minimum atomic E-state index is -0.743. The maximum Gasteiger partial charge on any atom is 0.325 e. The van der Waals surface area contributed by atoms with Gasteiger partial charge in [0, 0.05) is 48.0 Å². The lowest BCUT2D eigenvalue weighted by Crippen LogP contribution is -2.52. The molecule has 2 atom stereocenters. The first-order valence-corrected chi connectivity index (χ1v) is 21.5. The minimum absolute atomic E-state index is 0.147. The number of ether oxygens (including phenoxy) is 4. The Morgan fingerprint density at radius 2 is 1.63 bits per heavy atom. The predicted octanol–water partition coefficient (Wildman–Crippen LogP) is 4.18. The molecular weight excluding hydrogens is 839 g/mol. The number of nitrogens with one attached hydrogen (secondary N) is 2. The molecule has 8 rings (SSSR count). The Labute approximate surface area is 374 Å². The third-order valence-corrected chi connectivity index (χ3v) is 11.6. The summed E-state index contributed by atoms with van der Waals surface area (Å²) < 4.78 is 29.6. The van der Waals surface area contributed by atoms with E-state index < -0.39 is 17.9 Å². The summed E-state index contributed by atoms with van der Waals surface area (Å²) in [5, 5.41) is 17.9. The smallest absolute Gasteiger partial charge is 0.325 e. The van der Waals surface area contributed by atoms with Gasteiger partial charge < -0.3 is 38.6 Å². The maximum atomic E-state index is 14.0. The molecule has 0 saturated carbocycles. The molecule has 6 amide bonds. The second-order valence-corrected chi connectivity index (χ2v) is 15.9. The summed E-state index contributed by atoms with van der Waals surface area (Å²) in [6.07, 6.45) is 2.24. The zero-order chi connectivity index (χ0) is 45.5. The van der Waals surface area contributed by atoms with E-state index >= 15 is 0 Å². The first kappa shape index (κ1) is 44.8. The largest absolute Gasteiger partial charge is 0.377 e. The minimum Gasteiger partial charge on any atom is -0.377 e. The van der Waals surface area contributed by atoms with E-state index in [1.54, 1.807) is 34.8 Å². The fourth-order valence-electron chi connectivity index (χ4n) is 8.42. The van der Waals surface area contributed by atoms with Crippen LogP contribution in [0.5, 0.6) is 0 Å². The van der Waals surface area contributed by atoms with Gasteiger partial charge in [-0.15, -0.1) is 5.10 Å². The second kappa shape index (κ2) is 20.4. The van der Waals surface area contributed by atoms with Gasteiger partial charge in [0.2, 0.25) is 17.7 Å². The van der Waals surface area contributed by atoms with Crippen LogP contribution in [0.15, 0.2) is 77.4 Å². The molecular formula is C46H51N9O10. The van der Waals surface area contributed by atoms with E-state index in [-0.39, 0.29) is 69.6 Å². The van der Waals surface area contributed by atoms with Gasteiger partial charge in [0.1, 0.15) is 24.1 Å². The topological polar surface area (TPSA) is 213 Å². The summed E-state index contributed by atoms with van der Waals surface area (Å²) in [6, 6.07) is 19.8. The van der Waals surface area contributed by atoms with Crippen LogP contribution in [-0.4, -0.2) is 126 Å². The predicted molar refractivity (Wildman–Crippen MR) is 233 cm³/mol. The molecule has 0 spiro atoms. The number of imide groups is 1. The average Bonchev–Trinajstić information content (AvgIpc) is 4.00. The molecule has 3 aliphatic rings. The number of carbonyl (C=O) groups excluding carboxylic acids is 5. The Morgan fingerprint density at radius 1 is 0.892 bits per heavy atom. The number of aromatic nitrogens is 4. The van der Waals surface area contributed by atoms with Gasteiger partial charge >= 0.3 is 6.03 Å². The zero-order valence-corrected chi connectivity index (χ0v) is 36.5. The Bertz CT molecular complexity index is 2520. The number of rotatable bonds is 20. The molecule has 5 heterocycles. The number of carbonyl (C=O) groups is 5. The lowest BCUT2D eigenvalue weighted by atomic mass is 9.90. The van der Waals surface area contributed by atoms with Crippen molar-refractivity contribution in [3.05, 3.63) is 112 Å². The van der Waals surface area contributed by atoms with Crippen molar-refractivity contribution in [3.8, 4) is 11.1 Å². The Hall–Kier alpha value is -6.80. The summed E-state index contributed by atoms with van der Waals surface area (Å²) in [5.74, 6) is -0.831. The van der Waals surface area contributed by atoms with Gasteiger partial charge in [-0.25, -0.2) is 9.48 Å². The van der Waals surface area contributed by atoms with Crippen LogP contribution in [0.2, 0.25) is 0 Å². The molecule has 0 bridgehead atoms. The van der Waals surface area contributed by atoms with Crippen molar-refractivity contribution in [1.82, 2.24) is 35.3 Å². The van der Waals surface area contributed by atoms with E-state index in [1.165, 1.54) is 4.90 Å². The molecule has 3 aliphatic heterocycles. The van der Waals surface area contributed by atoms with Gasteiger partial charge in [0.05, 0.1) is 83.0 Å². The number of nitrogens with zero attached hydrogens (tertiary/aromatic N) is 7. The van der Waals surface area contributed by atoms with Gasteiger partial charge in [0.25, 0.3) is 5.91 Å². The highest BCUT2D eigenvalue weighted by Crippen LogP contribution is 2.43. The van der Waals surface area contributed by atoms with Gasteiger partial charge in [-0.05, 0) is 55.7 Å². The third kappa shape index (κ3) is 10.1. The Kier molecular flexibility index (Phi) is 14.0. The maximum absolute atomic E-state index is 14.0. The number of fused-ring (bicyclic) bond motifs is 2. The van der Waals surface area contributed by atoms with Crippen molar-refractivity contribution in [2.24, 2.45) is 0 Å². The molecule has 2 N–H and O–H groups in total. The van der Waals surface area contributed by atoms with Crippen LogP contribution < -0.4 is 15.5 Å². The van der Waals surface area contributed by atoms with Crippen LogP contribution in [0.1, 0.15) is 63.1 Å². The molecule has 1 saturated heterocycles. The van der Waals surface area contributed by atoms with Gasteiger partial charge in [-0.3, -0.25) is 29.4 Å². The zero-order valence-electron chi connectivity index (χ0n) is 36.5. The first-order valence-electron chi connectivity index (χ1n) is 21.5. The molecule has 2 unspecified atom stereocenters. The van der Waals surface area contributed by atoms with Crippen molar-refractivity contribution in [2.75, 3.05) is 70.1 Å². The van der Waals surface area contributed by atoms with Crippen molar-refractivity contribution >= 4 is 41.0 Å². The van der Waals surface area contributed by atoms with Crippen molar-refractivity contribution < 1.29 is 47.4 Å². The number of urea groups is 1. The van der Waals surface area contributed by atoms with E-state index in [1.807, 2.05) is 67.4 Å². The molecule has 19 heteroatoms. The molecule has 65 heavy (non-hydrogen) atoms. The highest BCUT2D eigenvalue weighted by atomic mass is 16.6. The fourth-order valence-corrected chi connectivity index (χ4v) is 8.42. The van der Waals surface area contributed by atoms with E-state index in [0.717, 1.165) is 39.4 Å². The van der Waals surface area contributed by atoms with Crippen LogP contribution in [0.4, 0.5) is 16.2 Å². The van der Waals surface area contributed by atoms with E-state index in [4.69, 9.17) is 23.5 Å². The molecule has 3 aromatic carbocycles. The van der Waals surface area contributed by atoms with Crippen molar-refractivity contribution in [3.63, 3.8) is 0 Å². The Balaban J connectivity index is 0.714. The van der Waals surface area contributed by atoms with Crippen LogP contribution >= 0.6 is 0 Å². The van der Waals surface area contributed by atoms with Crippen molar-refractivity contribution in [1.29, 1.82) is 0 Å². The summed E-state index contributed by atoms with van der Waals surface area (Å²) >= 11 is 0. The lowest BCUT2D eigenvalue weighted by Gasteiger charge is -2.41. The van der Waals surface area contributed by atoms with E-state index in [0.29, 0.717) is 62.1 Å². The summed E-state index contributed by atoms with van der Waals surface area (Å²) in [7, 11) is 1.78. The van der Waals surface area contributed by atoms with E-state index in [9.17, 15) is 24.0 Å². The average molecular weight is 890 g/mol.